The Morgan fingerprint density at radius 3 is 2.16 bits per heavy atom. The van der Waals surface area contributed by atoms with Crippen molar-refractivity contribution in [1.29, 1.82) is 0 Å². The Kier molecular flexibility index (Phi) is 10.3. The first kappa shape index (κ1) is 32.9. The first-order valence-electron chi connectivity index (χ1n) is 14.0. The Bertz CT molecular complexity index is 1510. The number of nitrogens with zero attached hydrogens (tertiary/aromatic N) is 3. The molecular weight excluding hydrogens is 591 g/mol. The van der Waals surface area contributed by atoms with Crippen LogP contribution in [0.15, 0.2) is 60.9 Å². The highest BCUT2D eigenvalue weighted by Gasteiger charge is 2.44. The highest BCUT2D eigenvalue weighted by atomic mass is 31.2. The number of alkyl carbamates (subject to hydrolysis) is 1. The van der Waals surface area contributed by atoms with Gasteiger partial charge in [0.2, 0.25) is 12.0 Å². The van der Waals surface area contributed by atoms with Crippen LogP contribution in [-0.2, 0) is 36.8 Å². The van der Waals surface area contributed by atoms with E-state index in [2.05, 4.69) is 5.32 Å². The third kappa shape index (κ3) is 7.72. The maximum atomic E-state index is 13.3. The Labute approximate surface area is 256 Å². The lowest BCUT2D eigenvalue weighted by Gasteiger charge is -2.27. The monoisotopic (exact) mass is 629 g/mol. The van der Waals surface area contributed by atoms with Gasteiger partial charge in [0.25, 0.3) is 11.8 Å². The maximum absolute atomic E-state index is 13.3. The molecule has 0 saturated carbocycles. The largest absolute Gasteiger partial charge is 0.490 e. The number of fused-ring (bicyclic) bond motifs is 1. The molecule has 0 fully saturated rings. The van der Waals surface area contributed by atoms with Gasteiger partial charge in [-0.3, -0.25) is 14.2 Å². The third-order valence-electron chi connectivity index (χ3n) is 6.68. The molecule has 0 saturated heterocycles. The fourth-order valence-corrected chi connectivity index (χ4v) is 5.55. The summed E-state index contributed by atoms with van der Waals surface area (Å²) in [4.78, 5) is 43.1. The van der Waals surface area contributed by atoms with E-state index in [9.17, 15) is 18.9 Å². The number of hydrogen-bond acceptors (Lipinski definition) is 9. The highest BCUT2D eigenvalue weighted by Crippen LogP contribution is 2.52. The number of carbonyl (C=O) groups is 3. The minimum Gasteiger partial charge on any atom is -0.490 e. The standard InChI is InChI=1S/C30H37N4O9P/c1-30(2,3)42-29(37)31-16-9-17-33-19-22(18-32(33)4)21-12-14-23(15-13-21)41-20-26(44(38,39-5)40-6)43-34-27(35)24-10-7-8-11-25(24)28(34)36/h7-8,10-15,18-19,26H,9,16-17,20H2,1-6H3/p+1. The topological polar surface area (TPSA) is 139 Å². The van der Waals surface area contributed by atoms with Crippen molar-refractivity contribution in [3.05, 3.63) is 72.1 Å². The number of imide groups is 1. The van der Waals surface area contributed by atoms with Gasteiger partial charge in [-0.25, -0.2) is 9.63 Å². The van der Waals surface area contributed by atoms with Crippen LogP contribution >= 0.6 is 7.60 Å². The molecule has 13 nitrogen and oxygen atoms in total. The van der Waals surface area contributed by atoms with Crippen molar-refractivity contribution in [3.8, 4) is 16.9 Å². The minimum absolute atomic E-state index is 0.178. The Hall–Kier alpha value is -4.03. The number of aromatic nitrogens is 2. The number of aryl methyl sites for hydroxylation is 2. The van der Waals surface area contributed by atoms with Gasteiger partial charge in [-0.05, 0) is 57.0 Å². The number of hydrogen-bond donors (Lipinski definition) is 1. The van der Waals surface area contributed by atoms with Gasteiger partial charge in [-0.15, -0.1) is 9.75 Å². The van der Waals surface area contributed by atoms with Crippen molar-refractivity contribution in [2.75, 3.05) is 27.4 Å². The quantitative estimate of drug-likeness (QED) is 0.127. The van der Waals surface area contributed by atoms with E-state index in [-0.39, 0.29) is 17.7 Å². The lowest BCUT2D eigenvalue weighted by atomic mass is 10.1. The van der Waals surface area contributed by atoms with Crippen molar-refractivity contribution in [2.24, 2.45) is 7.05 Å². The molecule has 236 valence electrons. The van der Waals surface area contributed by atoms with E-state index in [1.54, 1.807) is 24.3 Å². The summed E-state index contributed by atoms with van der Waals surface area (Å²) in [6, 6.07) is 13.5. The number of ether oxygens (including phenoxy) is 2. The first-order valence-corrected chi connectivity index (χ1v) is 15.6. The van der Waals surface area contributed by atoms with Gasteiger partial charge in [0.15, 0.2) is 7.05 Å². The molecule has 1 atom stereocenters. The molecule has 2 heterocycles. The second kappa shape index (κ2) is 13.7. The SMILES string of the molecule is COP(=O)(OC)C(COc1ccc(-c2cn(CCCNC(=O)OC(C)(C)C)[n+](C)c2)cc1)ON1C(=O)c2ccccc2C1=O. The van der Waals surface area contributed by atoms with Crippen molar-refractivity contribution in [1.82, 2.24) is 15.1 Å². The summed E-state index contributed by atoms with van der Waals surface area (Å²) in [6.45, 7) is 6.28. The number of nitrogens with one attached hydrogen (secondary N) is 1. The summed E-state index contributed by atoms with van der Waals surface area (Å²) in [5, 5.41) is 3.32. The smallest absolute Gasteiger partial charge is 0.407 e. The van der Waals surface area contributed by atoms with Gasteiger partial charge in [0.05, 0.1) is 29.4 Å². The molecule has 14 heteroatoms. The molecule has 1 unspecified atom stereocenters. The van der Waals surface area contributed by atoms with Crippen LogP contribution in [-0.4, -0.2) is 66.5 Å². The second-order valence-electron chi connectivity index (χ2n) is 11.0. The Morgan fingerprint density at radius 2 is 1.59 bits per heavy atom. The molecule has 1 aromatic heterocycles. The second-order valence-corrected chi connectivity index (χ2v) is 13.4. The van der Waals surface area contributed by atoms with Crippen LogP contribution in [0, 0.1) is 0 Å². The van der Waals surface area contributed by atoms with E-state index in [1.165, 1.54) is 26.4 Å². The molecule has 3 aromatic rings. The summed E-state index contributed by atoms with van der Waals surface area (Å²) in [5.41, 5.74) is 1.71. The number of rotatable bonds is 13. The van der Waals surface area contributed by atoms with Gasteiger partial charge >= 0.3 is 13.7 Å². The summed E-state index contributed by atoms with van der Waals surface area (Å²) < 4.78 is 38.6. The molecule has 1 aliphatic rings. The van der Waals surface area contributed by atoms with E-state index in [1.807, 2.05) is 61.7 Å². The minimum atomic E-state index is -3.95. The van der Waals surface area contributed by atoms with Crippen molar-refractivity contribution in [3.63, 3.8) is 0 Å². The van der Waals surface area contributed by atoms with Gasteiger partial charge in [-0.1, -0.05) is 24.3 Å². The molecule has 0 spiro atoms. The van der Waals surface area contributed by atoms with Crippen LogP contribution in [0.4, 0.5) is 4.79 Å². The van der Waals surface area contributed by atoms with Crippen LogP contribution in [0.3, 0.4) is 0 Å². The average Bonchev–Trinajstić information content (AvgIpc) is 3.48. The summed E-state index contributed by atoms with van der Waals surface area (Å²) in [7, 11) is 0.350. The normalized spacial score (nSPS) is 14.0. The molecule has 0 bridgehead atoms. The molecule has 0 aliphatic carbocycles. The van der Waals surface area contributed by atoms with Crippen LogP contribution < -0.4 is 14.7 Å². The average molecular weight is 630 g/mol. The Balaban J connectivity index is 1.37. The van der Waals surface area contributed by atoms with Gasteiger partial charge in [-0.2, -0.15) is 4.68 Å². The molecule has 1 N–H and O–H groups in total. The zero-order valence-corrected chi connectivity index (χ0v) is 26.5. The van der Waals surface area contributed by atoms with Crippen LogP contribution in [0.25, 0.3) is 11.1 Å². The van der Waals surface area contributed by atoms with Crippen molar-refractivity contribution >= 4 is 25.5 Å². The number of hydroxylamine groups is 2. The fourth-order valence-electron chi connectivity index (χ4n) is 4.46. The zero-order chi connectivity index (χ0) is 32.1. The van der Waals surface area contributed by atoms with E-state index in [4.69, 9.17) is 23.4 Å². The van der Waals surface area contributed by atoms with Gasteiger partial charge < -0.3 is 23.8 Å². The van der Waals surface area contributed by atoms with E-state index < -0.39 is 36.9 Å². The lowest BCUT2D eigenvalue weighted by molar-refractivity contribution is -0.753. The van der Waals surface area contributed by atoms with Crippen LogP contribution in [0.2, 0.25) is 0 Å². The van der Waals surface area contributed by atoms with Crippen LogP contribution in [0.5, 0.6) is 5.75 Å². The molecule has 4 rings (SSSR count). The molecular formula is C30H38N4O9P+. The predicted molar refractivity (Wildman–Crippen MR) is 159 cm³/mol. The number of carbonyl (C=O) groups excluding carboxylic acids is 3. The molecule has 3 amide bonds. The van der Waals surface area contributed by atoms with E-state index in [0.29, 0.717) is 30.3 Å². The molecule has 1 aliphatic heterocycles. The predicted octanol–water partition coefficient (Wildman–Crippen LogP) is 4.31. The molecule has 44 heavy (non-hydrogen) atoms. The van der Waals surface area contributed by atoms with Crippen LogP contribution in [0.1, 0.15) is 47.9 Å². The molecule has 2 aromatic carbocycles. The third-order valence-corrected chi connectivity index (χ3v) is 8.64. The summed E-state index contributed by atoms with van der Waals surface area (Å²) in [5.74, 6) is -2.35. The van der Waals surface area contributed by atoms with E-state index >= 15 is 0 Å². The Morgan fingerprint density at radius 1 is 0.977 bits per heavy atom. The first-order chi connectivity index (χ1) is 20.8. The summed E-state index contributed by atoms with van der Waals surface area (Å²) in [6.07, 6.45) is 4.26. The number of amides is 3. The maximum Gasteiger partial charge on any atom is 0.407 e. The summed E-state index contributed by atoms with van der Waals surface area (Å²) >= 11 is 0. The van der Waals surface area contributed by atoms with Crippen molar-refractivity contribution in [2.45, 2.75) is 45.2 Å². The van der Waals surface area contributed by atoms with Crippen molar-refractivity contribution < 1.29 is 47.0 Å². The van der Waals surface area contributed by atoms with E-state index in [0.717, 1.165) is 11.1 Å². The zero-order valence-electron chi connectivity index (χ0n) is 25.6. The van der Waals surface area contributed by atoms with Gasteiger partial charge in [0.1, 0.15) is 18.0 Å². The number of benzene rings is 2. The fraction of sp³-hybridized carbons (Fsp3) is 0.400. The van der Waals surface area contributed by atoms with Gasteiger partial charge in [0, 0.05) is 20.8 Å². The lowest BCUT2D eigenvalue weighted by Crippen LogP contribution is -2.39. The molecule has 0 radical (unpaired) electrons. The highest BCUT2D eigenvalue weighted by molar-refractivity contribution is 7.54.